The summed E-state index contributed by atoms with van der Waals surface area (Å²) in [5.41, 5.74) is 6.06. The Hall–Kier alpha value is -1.53. The van der Waals surface area contributed by atoms with Crippen LogP contribution in [0.3, 0.4) is 0 Å². The van der Waals surface area contributed by atoms with Gasteiger partial charge in [0.25, 0.3) is 0 Å². The third kappa shape index (κ3) is 3.08. The van der Waals surface area contributed by atoms with Crippen molar-refractivity contribution < 1.29 is 18.7 Å². The molecular formula is C13H16F2N2O2. The fraction of sp³-hybridized carbons (Fsp3) is 0.462. The number of amides is 1. The number of rotatable bonds is 3. The third-order valence-corrected chi connectivity index (χ3v) is 3.28. The number of alkyl halides is 1. The van der Waals surface area contributed by atoms with Crippen LogP contribution in [-0.4, -0.2) is 41.2 Å². The molecule has 3 atom stereocenters. The number of likely N-dealkylation sites (tertiary alicyclic amines) is 1. The van der Waals surface area contributed by atoms with Gasteiger partial charge in [0, 0.05) is 6.54 Å². The molecule has 1 fully saturated rings. The summed E-state index contributed by atoms with van der Waals surface area (Å²) in [5, 5.41) is 9.99. The van der Waals surface area contributed by atoms with Gasteiger partial charge in [0.05, 0.1) is 6.54 Å². The van der Waals surface area contributed by atoms with Crippen LogP contribution in [0.1, 0.15) is 18.1 Å². The van der Waals surface area contributed by atoms with Gasteiger partial charge in [-0.2, -0.15) is 0 Å². The summed E-state index contributed by atoms with van der Waals surface area (Å²) in [6.45, 7) is 0.326. The highest BCUT2D eigenvalue weighted by molar-refractivity contribution is 5.82. The lowest BCUT2D eigenvalue weighted by Gasteiger charge is -2.24. The maximum Gasteiger partial charge on any atom is 0.242 e. The summed E-state index contributed by atoms with van der Waals surface area (Å²) in [6, 6.07) is 3.94. The minimum absolute atomic E-state index is 0.0165. The van der Waals surface area contributed by atoms with Gasteiger partial charge in [-0.25, -0.2) is 8.78 Å². The predicted octanol–water partition coefficient (Wildman–Crippen LogP) is 0.757. The fourth-order valence-electron chi connectivity index (χ4n) is 2.13. The number of aliphatic hydroxyl groups is 1. The molecule has 0 aromatic heterocycles. The molecule has 1 amide bonds. The first-order valence-corrected chi connectivity index (χ1v) is 6.11. The quantitative estimate of drug-likeness (QED) is 0.852. The van der Waals surface area contributed by atoms with Crippen molar-refractivity contribution in [3.05, 3.63) is 35.6 Å². The molecule has 4 nitrogen and oxygen atoms in total. The minimum atomic E-state index is -1.23. The predicted molar refractivity (Wildman–Crippen MR) is 65.4 cm³/mol. The molecule has 0 radical (unpaired) electrons. The molecule has 1 aromatic rings. The first-order valence-electron chi connectivity index (χ1n) is 6.11. The van der Waals surface area contributed by atoms with Gasteiger partial charge in [-0.15, -0.1) is 0 Å². The van der Waals surface area contributed by atoms with Crippen molar-refractivity contribution in [1.29, 1.82) is 0 Å². The van der Waals surface area contributed by atoms with Crippen molar-refractivity contribution >= 4 is 5.91 Å². The zero-order valence-electron chi connectivity index (χ0n) is 10.3. The van der Waals surface area contributed by atoms with Gasteiger partial charge >= 0.3 is 0 Å². The molecular weight excluding hydrogens is 254 g/mol. The molecule has 2 rings (SSSR count). The standard InChI is InChI=1S/C13H16F2N2O2/c14-9-3-1-8(2-4-9)12(18)11(16)13(19)17-6-5-10(15)7-17/h1-4,10-12,18H,5-7,16H2/t10-,11?,12?/m0/s1. The number of hydrogen-bond acceptors (Lipinski definition) is 3. The molecule has 1 saturated heterocycles. The van der Waals surface area contributed by atoms with Crippen molar-refractivity contribution in [1.82, 2.24) is 4.90 Å². The van der Waals surface area contributed by atoms with Gasteiger partial charge in [0.2, 0.25) is 5.91 Å². The first kappa shape index (κ1) is 13.9. The van der Waals surface area contributed by atoms with E-state index in [0.29, 0.717) is 18.5 Å². The van der Waals surface area contributed by atoms with Gasteiger partial charge in [0.1, 0.15) is 24.1 Å². The molecule has 0 saturated carbocycles. The summed E-state index contributed by atoms with van der Waals surface area (Å²) >= 11 is 0. The van der Waals surface area contributed by atoms with Gasteiger partial charge in [0.15, 0.2) is 0 Å². The molecule has 19 heavy (non-hydrogen) atoms. The molecule has 0 bridgehead atoms. The lowest BCUT2D eigenvalue weighted by atomic mass is 10.0. The molecule has 2 unspecified atom stereocenters. The molecule has 0 spiro atoms. The lowest BCUT2D eigenvalue weighted by molar-refractivity contribution is -0.134. The highest BCUT2D eigenvalue weighted by Gasteiger charge is 2.32. The Kier molecular flexibility index (Phi) is 4.11. The number of halogens is 2. The average molecular weight is 270 g/mol. The van der Waals surface area contributed by atoms with Gasteiger partial charge in [-0.05, 0) is 24.1 Å². The highest BCUT2D eigenvalue weighted by Crippen LogP contribution is 2.20. The average Bonchev–Trinajstić information content (AvgIpc) is 2.84. The molecule has 1 aliphatic rings. The Balaban J connectivity index is 2.04. The van der Waals surface area contributed by atoms with Crippen molar-refractivity contribution in [3.63, 3.8) is 0 Å². The zero-order chi connectivity index (χ0) is 14.0. The van der Waals surface area contributed by atoms with Crippen LogP contribution in [0.15, 0.2) is 24.3 Å². The van der Waals surface area contributed by atoms with Crippen LogP contribution >= 0.6 is 0 Å². The van der Waals surface area contributed by atoms with Crippen LogP contribution in [0.25, 0.3) is 0 Å². The number of aliphatic hydroxyl groups excluding tert-OH is 1. The molecule has 0 aliphatic carbocycles. The summed E-state index contributed by atoms with van der Waals surface area (Å²) in [6.07, 6.45) is -1.96. The normalized spacial score (nSPS) is 22.3. The van der Waals surface area contributed by atoms with E-state index in [1.54, 1.807) is 0 Å². The summed E-state index contributed by atoms with van der Waals surface area (Å²) in [5.74, 6) is -0.923. The number of hydrogen-bond donors (Lipinski definition) is 2. The van der Waals surface area contributed by atoms with Gasteiger partial charge < -0.3 is 15.7 Å². The molecule has 1 heterocycles. The summed E-state index contributed by atoms with van der Waals surface area (Å²) in [4.78, 5) is 13.3. The van der Waals surface area contributed by atoms with Crippen molar-refractivity contribution in [2.24, 2.45) is 5.73 Å². The van der Waals surface area contributed by atoms with E-state index in [4.69, 9.17) is 5.73 Å². The van der Waals surface area contributed by atoms with E-state index in [-0.39, 0.29) is 6.54 Å². The van der Waals surface area contributed by atoms with Crippen molar-refractivity contribution in [2.45, 2.75) is 24.7 Å². The van der Waals surface area contributed by atoms with Crippen LogP contribution in [-0.2, 0) is 4.79 Å². The van der Waals surface area contributed by atoms with Crippen molar-refractivity contribution in [2.75, 3.05) is 13.1 Å². The van der Waals surface area contributed by atoms with E-state index in [1.165, 1.54) is 29.2 Å². The Morgan fingerprint density at radius 3 is 2.58 bits per heavy atom. The second kappa shape index (κ2) is 5.63. The van der Waals surface area contributed by atoms with Crippen LogP contribution in [0.5, 0.6) is 0 Å². The summed E-state index contributed by atoms with van der Waals surface area (Å²) < 4.78 is 25.8. The van der Waals surface area contributed by atoms with Crippen LogP contribution in [0.2, 0.25) is 0 Å². The Morgan fingerprint density at radius 1 is 1.42 bits per heavy atom. The fourth-order valence-corrected chi connectivity index (χ4v) is 2.13. The SMILES string of the molecule is NC(C(=O)N1CC[C@H](F)C1)C(O)c1ccc(F)cc1. The van der Waals surface area contributed by atoms with Crippen LogP contribution in [0, 0.1) is 5.82 Å². The smallest absolute Gasteiger partial charge is 0.242 e. The number of carbonyl (C=O) groups is 1. The van der Waals surface area contributed by atoms with Gasteiger partial charge in [-0.3, -0.25) is 4.79 Å². The highest BCUT2D eigenvalue weighted by atomic mass is 19.1. The topological polar surface area (TPSA) is 66.6 Å². The second-order valence-corrected chi connectivity index (χ2v) is 4.69. The Labute approximate surface area is 109 Å². The van der Waals surface area contributed by atoms with E-state index < -0.39 is 30.0 Å². The van der Waals surface area contributed by atoms with E-state index in [0.717, 1.165) is 0 Å². The number of carbonyl (C=O) groups excluding carboxylic acids is 1. The maximum atomic E-state index is 13.0. The molecule has 3 N–H and O–H groups in total. The Morgan fingerprint density at radius 2 is 2.05 bits per heavy atom. The van der Waals surface area contributed by atoms with Gasteiger partial charge in [-0.1, -0.05) is 12.1 Å². The molecule has 6 heteroatoms. The van der Waals surface area contributed by atoms with Crippen molar-refractivity contribution in [3.8, 4) is 0 Å². The number of benzene rings is 1. The van der Waals surface area contributed by atoms with E-state index in [1.807, 2.05) is 0 Å². The lowest BCUT2D eigenvalue weighted by Crippen LogP contribution is -2.46. The zero-order valence-corrected chi connectivity index (χ0v) is 10.3. The van der Waals surface area contributed by atoms with E-state index in [2.05, 4.69) is 0 Å². The molecule has 1 aromatic carbocycles. The van der Waals surface area contributed by atoms with E-state index in [9.17, 15) is 18.7 Å². The third-order valence-electron chi connectivity index (χ3n) is 3.28. The summed E-state index contributed by atoms with van der Waals surface area (Å²) in [7, 11) is 0. The maximum absolute atomic E-state index is 13.0. The number of nitrogens with zero attached hydrogens (tertiary/aromatic N) is 1. The monoisotopic (exact) mass is 270 g/mol. The second-order valence-electron chi connectivity index (χ2n) is 4.69. The van der Waals surface area contributed by atoms with Crippen LogP contribution < -0.4 is 5.73 Å². The minimum Gasteiger partial charge on any atom is -0.386 e. The first-order chi connectivity index (χ1) is 8.99. The van der Waals surface area contributed by atoms with Crippen LogP contribution in [0.4, 0.5) is 8.78 Å². The largest absolute Gasteiger partial charge is 0.386 e. The number of nitrogens with two attached hydrogens (primary N) is 1. The molecule has 104 valence electrons. The molecule has 1 aliphatic heterocycles. The van der Waals surface area contributed by atoms with E-state index >= 15 is 0 Å². The Bertz CT molecular complexity index is 452.